The largest absolute Gasteiger partial charge is 0.384 e. The third-order valence-electron chi connectivity index (χ3n) is 3.07. The van der Waals surface area contributed by atoms with Crippen molar-refractivity contribution >= 4 is 0 Å². The van der Waals surface area contributed by atoms with Crippen molar-refractivity contribution in [2.75, 3.05) is 13.7 Å². The number of methoxy groups -OCH3 is 1. The van der Waals surface area contributed by atoms with Crippen molar-refractivity contribution in [1.29, 1.82) is 0 Å². The second kappa shape index (κ2) is 4.38. The first-order valence-corrected chi connectivity index (χ1v) is 5.02. The summed E-state index contributed by atoms with van der Waals surface area (Å²) in [4.78, 5) is 0. The summed E-state index contributed by atoms with van der Waals surface area (Å²) < 4.78 is 19.2. The number of hydrogen-bond acceptors (Lipinski definition) is 2. The molecule has 3 atom stereocenters. The van der Waals surface area contributed by atoms with Crippen LogP contribution in [0.1, 0.15) is 32.6 Å². The van der Waals surface area contributed by atoms with Crippen molar-refractivity contribution in [3.8, 4) is 0 Å². The van der Waals surface area contributed by atoms with Gasteiger partial charge in [0.2, 0.25) is 0 Å². The third kappa shape index (κ3) is 2.64. The lowest BCUT2D eigenvalue weighted by atomic mass is 9.76. The standard InChI is InChI=1S/C10H20FNO/c1-8(7-13-2)10(11)5-3-4-9(12)6-10/h8-9H,3-7,12H2,1-2H3. The number of nitrogens with two attached hydrogens (primary N) is 1. The van der Waals surface area contributed by atoms with Gasteiger partial charge >= 0.3 is 0 Å². The maximum Gasteiger partial charge on any atom is 0.117 e. The summed E-state index contributed by atoms with van der Waals surface area (Å²) in [6.07, 6.45) is 3.01. The molecule has 1 fully saturated rings. The molecule has 0 spiro atoms. The van der Waals surface area contributed by atoms with Crippen molar-refractivity contribution < 1.29 is 9.13 Å². The predicted molar refractivity (Wildman–Crippen MR) is 51.3 cm³/mol. The Kier molecular flexibility index (Phi) is 3.68. The number of rotatable bonds is 3. The molecule has 0 saturated heterocycles. The molecule has 3 unspecified atom stereocenters. The van der Waals surface area contributed by atoms with Gasteiger partial charge in [0, 0.05) is 19.1 Å². The van der Waals surface area contributed by atoms with E-state index in [0.29, 0.717) is 19.4 Å². The molecule has 1 aliphatic carbocycles. The van der Waals surface area contributed by atoms with Crippen molar-refractivity contribution in [2.45, 2.75) is 44.3 Å². The predicted octanol–water partition coefficient (Wildman–Crippen LogP) is 1.88. The van der Waals surface area contributed by atoms with E-state index < -0.39 is 5.67 Å². The van der Waals surface area contributed by atoms with Crippen LogP contribution in [0.3, 0.4) is 0 Å². The normalized spacial score (nSPS) is 37.4. The molecule has 13 heavy (non-hydrogen) atoms. The fourth-order valence-corrected chi connectivity index (χ4v) is 2.15. The van der Waals surface area contributed by atoms with E-state index in [0.717, 1.165) is 12.8 Å². The van der Waals surface area contributed by atoms with Gasteiger partial charge in [-0.2, -0.15) is 0 Å². The van der Waals surface area contributed by atoms with Gasteiger partial charge < -0.3 is 10.5 Å². The first-order valence-electron chi connectivity index (χ1n) is 5.02. The molecule has 3 heteroatoms. The van der Waals surface area contributed by atoms with Crippen molar-refractivity contribution in [3.63, 3.8) is 0 Å². The minimum absolute atomic E-state index is 0.0381. The van der Waals surface area contributed by atoms with Crippen LogP contribution in [0.25, 0.3) is 0 Å². The topological polar surface area (TPSA) is 35.2 Å². The van der Waals surface area contributed by atoms with E-state index in [1.54, 1.807) is 7.11 Å². The highest BCUT2D eigenvalue weighted by Crippen LogP contribution is 2.37. The summed E-state index contributed by atoms with van der Waals surface area (Å²) in [6.45, 7) is 2.39. The van der Waals surface area contributed by atoms with E-state index in [1.807, 2.05) is 6.92 Å². The minimum atomic E-state index is -1.09. The molecule has 2 nitrogen and oxygen atoms in total. The van der Waals surface area contributed by atoms with E-state index in [-0.39, 0.29) is 12.0 Å². The number of halogens is 1. The van der Waals surface area contributed by atoms with E-state index in [1.165, 1.54) is 0 Å². The average Bonchev–Trinajstić information content (AvgIpc) is 2.04. The zero-order valence-electron chi connectivity index (χ0n) is 8.55. The number of hydrogen-bond donors (Lipinski definition) is 1. The van der Waals surface area contributed by atoms with Crippen molar-refractivity contribution in [3.05, 3.63) is 0 Å². The molecule has 1 saturated carbocycles. The molecule has 0 aromatic carbocycles. The molecule has 0 bridgehead atoms. The first kappa shape index (κ1) is 10.9. The fourth-order valence-electron chi connectivity index (χ4n) is 2.15. The third-order valence-corrected chi connectivity index (χ3v) is 3.07. The summed E-state index contributed by atoms with van der Waals surface area (Å²) >= 11 is 0. The number of alkyl halides is 1. The Balaban J connectivity index is 2.52. The van der Waals surface area contributed by atoms with Gasteiger partial charge in [0.05, 0.1) is 6.61 Å². The van der Waals surface area contributed by atoms with E-state index in [4.69, 9.17) is 10.5 Å². The highest BCUT2D eigenvalue weighted by atomic mass is 19.1. The summed E-state index contributed by atoms with van der Waals surface area (Å²) in [7, 11) is 1.61. The Morgan fingerprint density at radius 2 is 2.38 bits per heavy atom. The second-order valence-corrected chi connectivity index (χ2v) is 4.25. The van der Waals surface area contributed by atoms with Crippen LogP contribution in [0.2, 0.25) is 0 Å². The first-order chi connectivity index (χ1) is 6.08. The van der Waals surface area contributed by atoms with Crippen LogP contribution in [0, 0.1) is 5.92 Å². The average molecular weight is 189 g/mol. The van der Waals surface area contributed by atoms with Crippen LogP contribution in [0.5, 0.6) is 0 Å². The van der Waals surface area contributed by atoms with E-state index in [2.05, 4.69) is 0 Å². The highest BCUT2D eigenvalue weighted by molar-refractivity contribution is 4.92. The van der Waals surface area contributed by atoms with Crippen LogP contribution >= 0.6 is 0 Å². The maximum absolute atomic E-state index is 14.2. The Morgan fingerprint density at radius 3 is 2.92 bits per heavy atom. The molecular formula is C10H20FNO. The monoisotopic (exact) mass is 189 g/mol. The molecule has 0 heterocycles. The molecule has 0 amide bonds. The van der Waals surface area contributed by atoms with Crippen molar-refractivity contribution in [2.24, 2.45) is 11.7 Å². The zero-order chi connectivity index (χ0) is 9.90. The van der Waals surface area contributed by atoms with Gasteiger partial charge in [0.25, 0.3) is 0 Å². The van der Waals surface area contributed by atoms with E-state index >= 15 is 0 Å². The quantitative estimate of drug-likeness (QED) is 0.735. The summed E-state index contributed by atoms with van der Waals surface area (Å²) in [5.41, 5.74) is 4.67. The van der Waals surface area contributed by atoms with Crippen LogP contribution in [0.15, 0.2) is 0 Å². The molecule has 1 rings (SSSR count). The van der Waals surface area contributed by atoms with Crippen LogP contribution in [-0.4, -0.2) is 25.4 Å². The smallest absolute Gasteiger partial charge is 0.117 e. The Labute approximate surface area is 79.6 Å². The lowest BCUT2D eigenvalue weighted by molar-refractivity contribution is -0.0000525. The van der Waals surface area contributed by atoms with Gasteiger partial charge in [-0.3, -0.25) is 0 Å². The molecule has 1 aliphatic rings. The highest BCUT2D eigenvalue weighted by Gasteiger charge is 2.39. The van der Waals surface area contributed by atoms with Gasteiger partial charge in [0.1, 0.15) is 5.67 Å². The molecule has 0 aromatic rings. The molecule has 0 aliphatic heterocycles. The molecule has 2 N–H and O–H groups in total. The van der Waals surface area contributed by atoms with E-state index in [9.17, 15) is 4.39 Å². The summed E-state index contributed by atoms with van der Waals surface area (Å²) in [5.74, 6) is -0.0381. The second-order valence-electron chi connectivity index (χ2n) is 4.25. The van der Waals surface area contributed by atoms with Crippen LogP contribution < -0.4 is 5.73 Å². The Morgan fingerprint density at radius 1 is 1.69 bits per heavy atom. The fraction of sp³-hybridized carbons (Fsp3) is 1.00. The number of ether oxygens (including phenoxy) is 1. The Hall–Kier alpha value is -0.150. The van der Waals surface area contributed by atoms with Gasteiger partial charge in [-0.25, -0.2) is 4.39 Å². The van der Waals surface area contributed by atoms with Gasteiger partial charge in [0.15, 0.2) is 0 Å². The van der Waals surface area contributed by atoms with Gasteiger partial charge in [-0.15, -0.1) is 0 Å². The minimum Gasteiger partial charge on any atom is -0.384 e. The lowest BCUT2D eigenvalue weighted by Crippen LogP contribution is -2.43. The van der Waals surface area contributed by atoms with Crippen LogP contribution in [0.4, 0.5) is 4.39 Å². The van der Waals surface area contributed by atoms with Crippen LogP contribution in [-0.2, 0) is 4.74 Å². The maximum atomic E-state index is 14.2. The summed E-state index contributed by atoms with van der Waals surface area (Å²) in [5, 5.41) is 0. The molecule has 78 valence electrons. The SMILES string of the molecule is COCC(C)C1(F)CCCC(N)C1. The zero-order valence-corrected chi connectivity index (χ0v) is 8.55. The molecule has 0 aromatic heterocycles. The summed E-state index contributed by atoms with van der Waals surface area (Å²) in [6, 6.07) is 0.0399. The van der Waals surface area contributed by atoms with Crippen molar-refractivity contribution in [1.82, 2.24) is 0 Å². The molecular weight excluding hydrogens is 169 g/mol. The van der Waals surface area contributed by atoms with Gasteiger partial charge in [-0.1, -0.05) is 6.92 Å². The van der Waals surface area contributed by atoms with Gasteiger partial charge in [-0.05, 0) is 25.7 Å². The Bertz CT molecular complexity index is 165. The molecule has 0 radical (unpaired) electrons. The lowest BCUT2D eigenvalue weighted by Gasteiger charge is -2.37.